The van der Waals surface area contributed by atoms with Crippen molar-refractivity contribution >= 4 is 40.9 Å². The molecule has 1 unspecified atom stereocenters. The first kappa shape index (κ1) is 26.3. The second-order valence-electron chi connectivity index (χ2n) is 9.98. The van der Waals surface area contributed by atoms with Gasteiger partial charge in [0.2, 0.25) is 17.7 Å². The van der Waals surface area contributed by atoms with Crippen molar-refractivity contribution in [1.29, 1.82) is 0 Å². The standard InChI is InChI=1S/C28H31ClN4O5/c1-18(34)32(22-4-3-20(24(29)15-22)8-9-31-10-12-38-13-11-31)16-19-2-5-23-21(14-19)17-33(28(23)37)25-6-7-26(35)30-27(25)36/h2-5,14-15,25H,6-13,16-17H2,1H3,(H,30,35,36). The van der Waals surface area contributed by atoms with E-state index < -0.39 is 11.9 Å². The first-order valence-electron chi connectivity index (χ1n) is 12.9. The zero-order valence-corrected chi connectivity index (χ0v) is 22.1. The molecule has 0 bridgehead atoms. The molecule has 200 valence electrons. The number of hydrogen-bond donors (Lipinski definition) is 1. The number of anilines is 1. The van der Waals surface area contributed by atoms with E-state index in [0.717, 1.165) is 56.0 Å². The predicted molar refractivity (Wildman–Crippen MR) is 142 cm³/mol. The van der Waals surface area contributed by atoms with Gasteiger partial charge in [0, 0.05) is 55.8 Å². The van der Waals surface area contributed by atoms with E-state index in [1.165, 1.54) is 11.8 Å². The summed E-state index contributed by atoms with van der Waals surface area (Å²) in [4.78, 5) is 55.0. The average Bonchev–Trinajstić information content (AvgIpc) is 3.22. The van der Waals surface area contributed by atoms with Crippen molar-refractivity contribution in [3.8, 4) is 0 Å². The summed E-state index contributed by atoms with van der Waals surface area (Å²) in [6, 6.07) is 10.6. The number of nitrogens with zero attached hydrogens (tertiary/aromatic N) is 3. The van der Waals surface area contributed by atoms with Crippen LogP contribution >= 0.6 is 11.6 Å². The van der Waals surface area contributed by atoms with Crippen LogP contribution in [0, 0.1) is 0 Å². The molecule has 9 nitrogen and oxygen atoms in total. The van der Waals surface area contributed by atoms with Crippen LogP contribution in [0.25, 0.3) is 0 Å². The van der Waals surface area contributed by atoms with Gasteiger partial charge >= 0.3 is 0 Å². The molecule has 3 heterocycles. The molecule has 3 aliphatic heterocycles. The fourth-order valence-corrected chi connectivity index (χ4v) is 5.57. The monoisotopic (exact) mass is 538 g/mol. The third-order valence-corrected chi connectivity index (χ3v) is 7.81. The predicted octanol–water partition coefficient (Wildman–Crippen LogP) is 2.53. The van der Waals surface area contributed by atoms with Gasteiger partial charge < -0.3 is 14.5 Å². The van der Waals surface area contributed by atoms with Gasteiger partial charge in [0.05, 0.1) is 19.8 Å². The van der Waals surface area contributed by atoms with Crippen molar-refractivity contribution in [2.75, 3.05) is 37.7 Å². The molecule has 0 radical (unpaired) electrons. The Kier molecular flexibility index (Phi) is 7.78. The number of amides is 4. The van der Waals surface area contributed by atoms with E-state index in [4.69, 9.17) is 16.3 Å². The van der Waals surface area contributed by atoms with Crippen molar-refractivity contribution in [3.63, 3.8) is 0 Å². The van der Waals surface area contributed by atoms with Crippen LogP contribution in [0.3, 0.4) is 0 Å². The maximum Gasteiger partial charge on any atom is 0.255 e. The van der Waals surface area contributed by atoms with Crippen LogP contribution in [0.2, 0.25) is 5.02 Å². The van der Waals surface area contributed by atoms with Gasteiger partial charge in [-0.05, 0) is 47.7 Å². The quantitative estimate of drug-likeness (QED) is 0.544. The van der Waals surface area contributed by atoms with E-state index in [2.05, 4.69) is 10.2 Å². The maximum absolute atomic E-state index is 13.0. The van der Waals surface area contributed by atoms with Crippen molar-refractivity contribution in [2.24, 2.45) is 0 Å². The van der Waals surface area contributed by atoms with Gasteiger partial charge in [-0.2, -0.15) is 0 Å². The molecule has 2 aromatic rings. The molecule has 3 aliphatic rings. The van der Waals surface area contributed by atoms with Gasteiger partial charge in [0.1, 0.15) is 6.04 Å². The summed E-state index contributed by atoms with van der Waals surface area (Å²) in [5, 5.41) is 2.95. The second kappa shape index (κ2) is 11.2. The lowest BCUT2D eigenvalue weighted by Crippen LogP contribution is -2.52. The number of carbonyl (C=O) groups is 4. The molecule has 0 spiro atoms. The Morgan fingerprint density at radius 2 is 1.92 bits per heavy atom. The molecular formula is C28H31ClN4O5. The van der Waals surface area contributed by atoms with E-state index in [1.54, 1.807) is 11.0 Å². The van der Waals surface area contributed by atoms with Crippen LogP contribution in [0.4, 0.5) is 5.69 Å². The number of imide groups is 1. The van der Waals surface area contributed by atoms with Crippen LogP contribution < -0.4 is 10.2 Å². The van der Waals surface area contributed by atoms with Gasteiger partial charge in [0.25, 0.3) is 5.91 Å². The van der Waals surface area contributed by atoms with E-state index in [0.29, 0.717) is 29.2 Å². The van der Waals surface area contributed by atoms with Crippen molar-refractivity contribution < 1.29 is 23.9 Å². The Hall–Kier alpha value is -3.27. The smallest absolute Gasteiger partial charge is 0.255 e. The first-order valence-corrected chi connectivity index (χ1v) is 13.3. The number of rotatable bonds is 7. The highest BCUT2D eigenvalue weighted by atomic mass is 35.5. The molecule has 2 aromatic carbocycles. The van der Waals surface area contributed by atoms with Crippen LogP contribution in [-0.4, -0.2) is 72.3 Å². The summed E-state index contributed by atoms with van der Waals surface area (Å²) >= 11 is 6.62. The Morgan fingerprint density at radius 3 is 2.63 bits per heavy atom. The number of ether oxygens (including phenoxy) is 1. The number of hydrogen-bond acceptors (Lipinski definition) is 6. The molecule has 5 rings (SSSR count). The zero-order valence-electron chi connectivity index (χ0n) is 21.4. The Morgan fingerprint density at radius 1 is 1.13 bits per heavy atom. The lowest BCUT2D eigenvalue weighted by atomic mass is 10.0. The molecule has 4 amide bonds. The second-order valence-corrected chi connectivity index (χ2v) is 10.4. The molecule has 38 heavy (non-hydrogen) atoms. The van der Waals surface area contributed by atoms with Crippen LogP contribution in [0.5, 0.6) is 0 Å². The van der Waals surface area contributed by atoms with Crippen molar-refractivity contribution in [1.82, 2.24) is 15.1 Å². The molecule has 0 aliphatic carbocycles. The number of benzene rings is 2. The minimum absolute atomic E-state index is 0.121. The SMILES string of the molecule is CC(=O)N(Cc1ccc2c(c1)CN(C1CCC(=O)NC1=O)C2=O)c1ccc(CCN2CCOCC2)c(Cl)c1. The third kappa shape index (κ3) is 5.60. The fraction of sp³-hybridized carbons (Fsp3) is 0.429. The molecule has 0 saturated carbocycles. The molecule has 2 fully saturated rings. The molecule has 2 saturated heterocycles. The largest absolute Gasteiger partial charge is 0.379 e. The van der Waals surface area contributed by atoms with E-state index in [-0.39, 0.29) is 30.7 Å². The van der Waals surface area contributed by atoms with Gasteiger partial charge in [-0.15, -0.1) is 0 Å². The molecule has 1 atom stereocenters. The van der Waals surface area contributed by atoms with Gasteiger partial charge in [-0.1, -0.05) is 29.8 Å². The number of nitrogens with one attached hydrogen (secondary N) is 1. The summed E-state index contributed by atoms with van der Waals surface area (Å²) in [7, 11) is 0. The Balaban J connectivity index is 1.28. The maximum atomic E-state index is 13.0. The van der Waals surface area contributed by atoms with Gasteiger partial charge in [0.15, 0.2) is 0 Å². The van der Waals surface area contributed by atoms with Crippen LogP contribution in [-0.2, 0) is 38.6 Å². The highest BCUT2D eigenvalue weighted by Gasteiger charge is 2.39. The van der Waals surface area contributed by atoms with Gasteiger partial charge in [-0.25, -0.2) is 0 Å². The summed E-state index contributed by atoms with van der Waals surface area (Å²) in [5.41, 5.74) is 3.96. The van der Waals surface area contributed by atoms with Crippen LogP contribution in [0.15, 0.2) is 36.4 Å². The van der Waals surface area contributed by atoms with Crippen LogP contribution in [0.1, 0.15) is 46.8 Å². The van der Waals surface area contributed by atoms with Gasteiger partial charge in [-0.3, -0.25) is 29.4 Å². The number of carbonyl (C=O) groups excluding carboxylic acids is 4. The van der Waals surface area contributed by atoms with Crippen molar-refractivity contribution in [2.45, 2.75) is 45.3 Å². The van der Waals surface area contributed by atoms with E-state index in [1.807, 2.05) is 30.3 Å². The average molecular weight is 539 g/mol. The minimum Gasteiger partial charge on any atom is -0.379 e. The lowest BCUT2D eigenvalue weighted by Gasteiger charge is -2.29. The van der Waals surface area contributed by atoms with E-state index in [9.17, 15) is 19.2 Å². The summed E-state index contributed by atoms with van der Waals surface area (Å²) < 4.78 is 5.41. The fourth-order valence-electron chi connectivity index (χ4n) is 5.30. The number of fused-ring (bicyclic) bond motifs is 1. The topological polar surface area (TPSA) is 99.3 Å². The Bertz CT molecular complexity index is 1280. The molecule has 1 N–H and O–H groups in total. The lowest BCUT2D eigenvalue weighted by molar-refractivity contribution is -0.137. The number of halogens is 1. The third-order valence-electron chi connectivity index (χ3n) is 7.46. The number of piperidine rings is 1. The summed E-state index contributed by atoms with van der Waals surface area (Å²) in [5.74, 6) is -1.09. The number of morpholine rings is 1. The molecule has 0 aromatic heterocycles. The Labute approximate surface area is 226 Å². The summed E-state index contributed by atoms with van der Waals surface area (Å²) in [6.45, 7) is 6.39. The highest BCUT2D eigenvalue weighted by molar-refractivity contribution is 6.31. The molecular weight excluding hydrogens is 508 g/mol. The zero-order chi connectivity index (χ0) is 26.8. The molecule has 10 heteroatoms. The van der Waals surface area contributed by atoms with E-state index >= 15 is 0 Å². The minimum atomic E-state index is -0.659. The summed E-state index contributed by atoms with van der Waals surface area (Å²) in [6.07, 6.45) is 1.35. The first-order chi connectivity index (χ1) is 18.3. The highest BCUT2D eigenvalue weighted by Crippen LogP contribution is 2.30. The normalized spacial score (nSPS) is 19.9. The van der Waals surface area contributed by atoms with Crippen molar-refractivity contribution in [3.05, 3.63) is 63.7 Å².